The van der Waals surface area contributed by atoms with Crippen LogP contribution in [0.5, 0.6) is 0 Å². The molecule has 3 N–H and O–H groups in total. The molecule has 2 unspecified atom stereocenters. The minimum absolute atomic E-state index is 0.138. The zero-order chi connectivity index (χ0) is 11.0. The Bertz CT molecular complexity index is 478. The summed E-state index contributed by atoms with van der Waals surface area (Å²) in [7, 11) is 0. The molecular weight excluding hydrogens is 198 g/mol. The van der Waals surface area contributed by atoms with Crippen LogP contribution in [0.4, 0.5) is 11.4 Å². The van der Waals surface area contributed by atoms with Crippen LogP contribution in [0.3, 0.4) is 0 Å². The largest absolute Gasteiger partial charge is 0.622 e. The van der Waals surface area contributed by atoms with Gasteiger partial charge < -0.3 is 15.5 Å². The Hall–Kier alpha value is -1.91. The van der Waals surface area contributed by atoms with Gasteiger partial charge in [-0.1, -0.05) is 12.1 Å². The molecule has 0 radical (unpaired) electrons. The number of aliphatic hydroxyl groups excluding tert-OH is 1. The molecule has 0 fully saturated rings. The molecule has 1 aliphatic rings. The SMILES string of the molecule is N#CC1=C(O)[NH+]([O-])c2ccccc2[NH+]1[O-]. The number of nitrogens with one attached hydrogen (secondary N) is 2. The van der Waals surface area contributed by atoms with Gasteiger partial charge in [0.1, 0.15) is 0 Å². The molecule has 2 atom stereocenters. The number of hydrogen-bond donors (Lipinski definition) is 3. The van der Waals surface area contributed by atoms with E-state index in [9.17, 15) is 15.5 Å². The number of benzene rings is 1. The second-order valence-corrected chi connectivity index (χ2v) is 3.04. The summed E-state index contributed by atoms with van der Waals surface area (Å²) in [4.78, 5) is 0. The zero-order valence-corrected chi connectivity index (χ0v) is 7.52. The number of aliphatic hydroxyl groups is 1. The van der Waals surface area contributed by atoms with Crippen molar-refractivity contribution >= 4 is 11.4 Å². The highest BCUT2D eigenvalue weighted by Gasteiger charge is 2.32. The third-order valence-electron chi connectivity index (χ3n) is 2.21. The average molecular weight is 205 g/mol. The van der Waals surface area contributed by atoms with Gasteiger partial charge >= 0.3 is 11.6 Å². The molecule has 6 nitrogen and oxygen atoms in total. The highest BCUT2D eigenvalue weighted by Crippen LogP contribution is 2.16. The zero-order valence-electron chi connectivity index (χ0n) is 7.52. The summed E-state index contributed by atoms with van der Waals surface area (Å²) in [5.41, 5.74) is -0.186. The Kier molecular flexibility index (Phi) is 2.15. The van der Waals surface area contributed by atoms with Gasteiger partial charge in [-0.3, -0.25) is 10.1 Å². The van der Waals surface area contributed by atoms with Crippen molar-refractivity contribution in [3.8, 4) is 6.07 Å². The van der Waals surface area contributed by atoms with E-state index in [4.69, 9.17) is 5.26 Å². The fraction of sp³-hybridized carbons (Fsp3) is 0. The Balaban J connectivity index is 2.64. The molecule has 1 aromatic rings. The van der Waals surface area contributed by atoms with E-state index >= 15 is 0 Å². The number of quaternary nitrogens is 2. The average Bonchev–Trinajstić information content (AvgIpc) is 2.27. The number of fused-ring (bicyclic) bond motifs is 1. The first-order valence-corrected chi connectivity index (χ1v) is 4.18. The number of rotatable bonds is 0. The summed E-state index contributed by atoms with van der Waals surface area (Å²) in [6.07, 6.45) is 0. The molecule has 1 aromatic carbocycles. The summed E-state index contributed by atoms with van der Waals surface area (Å²) in [6.45, 7) is 0. The van der Waals surface area contributed by atoms with Crippen LogP contribution < -0.4 is 10.1 Å². The molecule has 0 amide bonds. The molecule has 76 valence electrons. The summed E-state index contributed by atoms with van der Waals surface area (Å²) in [5.74, 6) is -0.763. The number of allylic oxidation sites excluding steroid dienone is 1. The minimum Gasteiger partial charge on any atom is -0.622 e. The standard InChI is InChI=1S/C9H7N3O3/c10-5-8-9(13)12(15)7-4-2-1-3-6(7)11(8)14/h1-4,11-13H. The molecule has 0 spiro atoms. The van der Waals surface area contributed by atoms with Crippen LogP contribution in [0.15, 0.2) is 35.8 Å². The predicted molar refractivity (Wildman–Crippen MR) is 49.7 cm³/mol. The molecule has 0 saturated heterocycles. The molecule has 0 bridgehead atoms. The van der Waals surface area contributed by atoms with Crippen LogP contribution in [0.25, 0.3) is 0 Å². The molecule has 1 heterocycles. The van der Waals surface area contributed by atoms with E-state index in [1.54, 1.807) is 12.1 Å². The predicted octanol–water partition coefficient (Wildman–Crippen LogP) is -1.02. The maximum atomic E-state index is 11.6. The molecular formula is C9H7N3O3. The highest BCUT2D eigenvalue weighted by atomic mass is 16.5. The van der Waals surface area contributed by atoms with E-state index in [1.807, 2.05) is 0 Å². The quantitative estimate of drug-likeness (QED) is 0.472. The fourth-order valence-electron chi connectivity index (χ4n) is 1.47. The number of para-hydroxylation sites is 2. The minimum atomic E-state index is -0.763. The van der Waals surface area contributed by atoms with Gasteiger partial charge in [0.25, 0.3) is 0 Å². The van der Waals surface area contributed by atoms with Crippen molar-refractivity contribution in [2.45, 2.75) is 0 Å². The smallest absolute Gasteiger partial charge is 0.368 e. The molecule has 0 saturated carbocycles. The van der Waals surface area contributed by atoms with Crippen molar-refractivity contribution in [3.05, 3.63) is 46.3 Å². The van der Waals surface area contributed by atoms with Crippen molar-refractivity contribution in [1.29, 1.82) is 5.26 Å². The monoisotopic (exact) mass is 205 g/mol. The maximum Gasteiger partial charge on any atom is 0.368 e. The van der Waals surface area contributed by atoms with Crippen LogP contribution in [0.2, 0.25) is 0 Å². The van der Waals surface area contributed by atoms with Crippen molar-refractivity contribution in [3.63, 3.8) is 0 Å². The molecule has 0 aliphatic carbocycles. The second-order valence-electron chi connectivity index (χ2n) is 3.04. The van der Waals surface area contributed by atoms with Gasteiger partial charge in [0.15, 0.2) is 11.8 Å². The lowest BCUT2D eigenvalue weighted by molar-refractivity contribution is -0.810. The van der Waals surface area contributed by atoms with Gasteiger partial charge in [0.2, 0.25) is 5.69 Å². The van der Waals surface area contributed by atoms with Crippen molar-refractivity contribution in [1.82, 2.24) is 0 Å². The first-order chi connectivity index (χ1) is 7.16. The van der Waals surface area contributed by atoms with Crippen LogP contribution >= 0.6 is 0 Å². The first kappa shape index (κ1) is 9.64. The van der Waals surface area contributed by atoms with Crippen LogP contribution in [0.1, 0.15) is 0 Å². The van der Waals surface area contributed by atoms with E-state index < -0.39 is 21.7 Å². The lowest BCUT2D eigenvalue weighted by Gasteiger charge is -2.31. The third-order valence-corrected chi connectivity index (χ3v) is 2.21. The van der Waals surface area contributed by atoms with Gasteiger partial charge in [-0.15, -0.1) is 0 Å². The number of nitrogens with zero attached hydrogens (tertiary/aromatic N) is 1. The maximum absolute atomic E-state index is 11.6. The lowest BCUT2D eigenvalue weighted by atomic mass is 10.2. The lowest BCUT2D eigenvalue weighted by Crippen LogP contribution is -3.11. The summed E-state index contributed by atoms with van der Waals surface area (Å²) in [5, 5.41) is 39.8. The topological polar surface area (TPSA) is 99.0 Å². The highest BCUT2D eigenvalue weighted by molar-refractivity contribution is 5.54. The number of nitriles is 1. The normalized spacial score (nSPS) is 24.6. The summed E-state index contributed by atoms with van der Waals surface area (Å²) >= 11 is 0. The second kappa shape index (κ2) is 3.34. The molecule has 15 heavy (non-hydrogen) atoms. The molecule has 6 heteroatoms. The van der Waals surface area contributed by atoms with Crippen LogP contribution in [-0.4, -0.2) is 5.11 Å². The molecule has 1 aliphatic heterocycles. The fourth-order valence-corrected chi connectivity index (χ4v) is 1.47. The van der Waals surface area contributed by atoms with E-state index in [0.717, 1.165) is 0 Å². The Morgan fingerprint density at radius 3 is 2.20 bits per heavy atom. The Morgan fingerprint density at radius 2 is 1.67 bits per heavy atom. The molecule has 2 rings (SSSR count). The van der Waals surface area contributed by atoms with E-state index in [1.165, 1.54) is 18.2 Å². The Labute approximate surface area is 85.0 Å². The number of hydrogen-bond acceptors (Lipinski definition) is 4. The van der Waals surface area contributed by atoms with E-state index in [0.29, 0.717) is 0 Å². The summed E-state index contributed by atoms with van der Waals surface area (Å²) in [6, 6.07) is 7.63. The van der Waals surface area contributed by atoms with Crippen LogP contribution in [0, 0.1) is 21.7 Å². The van der Waals surface area contributed by atoms with E-state index in [-0.39, 0.29) is 11.4 Å². The summed E-state index contributed by atoms with van der Waals surface area (Å²) < 4.78 is 0. The van der Waals surface area contributed by atoms with Crippen LogP contribution in [-0.2, 0) is 0 Å². The first-order valence-electron chi connectivity index (χ1n) is 4.18. The van der Waals surface area contributed by atoms with E-state index in [2.05, 4.69) is 0 Å². The van der Waals surface area contributed by atoms with Gasteiger partial charge in [-0.25, -0.2) is 0 Å². The number of hydroxylamine groups is 2. The van der Waals surface area contributed by atoms with Gasteiger partial charge in [0, 0.05) is 12.1 Å². The van der Waals surface area contributed by atoms with Gasteiger partial charge in [-0.2, -0.15) is 5.26 Å². The third kappa shape index (κ3) is 1.27. The van der Waals surface area contributed by atoms with Gasteiger partial charge in [-0.05, 0) is 0 Å². The van der Waals surface area contributed by atoms with Crippen molar-refractivity contribution < 1.29 is 15.2 Å². The van der Waals surface area contributed by atoms with Crippen molar-refractivity contribution in [2.75, 3.05) is 0 Å². The Morgan fingerprint density at radius 1 is 1.13 bits per heavy atom. The van der Waals surface area contributed by atoms with Crippen molar-refractivity contribution in [2.24, 2.45) is 0 Å². The molecule has 0 aromatic heterocycles. The van der Waals surface area contributed by atoms with Gasteiger partial charge in [0.05, 0.1) is 0 Å².